The van der Waals surface area contributed by atoms with Crippen LogP contribution in [-0.4, -0.2) is 21.6 Å². The quantitative estimate of drug-likeness (QED) is 0.337. The molecule has 15 heavy (non-hydrogen) atoms. The summed E-state index contributed by atoms with van der Waals surface area (Å²) in [7, 11) is 0. The highest BCUT2D eigenvalue weighted by Gasteiger charge is 2.04. The van der Waals surface area contributed by atoms with Crippen LogP contribution in [0, 0.1) is 6.92 Å². The minimum absolute atomic E-state index is 0.0941. The maximum atomic E-state index is 5.42. The number of aromatic nitrogens is 2. The zero-order valence-corrected chi connectivity index (χ0v) is 8.60. The summed E-state index contributed by atoms with van der Waals surface area (Å²) in [4.78, 5) is 7.86. The van der Waals surface area contributed by atoms with Gasteiger partial charge in [-0.2, -0.15) is 5.10 Å². The largest absolute Gasteiger partial charge is 0.369 e. The predicted octanol–water partition coefficient (Wildman–Crippen LogP) is -0.635. The molecular weight excluding hydrogens is 194 g/mol. The Balaban J connectivity index is 3.06. The second-order valence-electron chi connectivity index (χ2n) is 2.94. The Morgan fingerprint density at radius 3 is 2.53 bits per heavy atom. The van der Waals surface area contributed by atoms with Gasteiger partial charge >= 0.3 is 0 Å². The number of aryl methyl sites for hydroxylation is 1. The van der Waals surface area contributed by atoms with E-state index in [0.29, 0.717) is 5.71 Å². The third-order valence-electron chi connectivity index (χ3n) is 1.70. The summed E-state index contributed by atoms with van der Waals surface area (Å²) in [5.74, 6) is 0.134. The van der Waals surface area contributed by atoms with Crippen molar-refractivity contribution >= 4 is 17.6 Å². The summed E-state index contributed by atoms with van der Waals surface area (Å²) in [5, 5.41) is 7.36. The highest BCUT2D eigenvalue weighted by atomic mass is 15.3. The maximum absolute atomic E-state index is 5.42. The monoisotopic (exact) mass is 207 g/mol. The van der Waals surface area contributed by atoms with Gasteiger partial charge in [0.15, 0.2) is 0 Å². The number of hydrogen-bond acceptors (Lipinski definition) is 5. The molecule has 1 rings (SSSR count). The van der Waals surface area contributed by atoms with E-state index in [1.165, 1.54) is 0 Å². The van der Waals surface area contributed by atoms with Gasteiger partial charge in [-0.25, -0.2) is 9.97 Å². The van der Waals surface area contributed by atoms with Crippen molar-refractivity contribution in [1.29, 1.82) is 0 Å². The van der Waals surface area contributed by atoms with Gasteiger partial charge in [-0.15, -0.1) is 5.10 Å². The first kappa shape index (κ1) is 10.9. The van der Waals surface area contributed by atoms with Crippen LogP contribution in [0.25, 0.3) is 0 Å². The molecule has 0 aliphatic heterocycles. The molecule has 7 heteroatoms. The molecular formula is C8H13N7. The van der Waals surface area contributed by atoms with E-state index in [4.69, 9.17) is 17.2 Å². The Bertz CT molecular complexity index is 417. The fraction of sp³-hybridized carbons (Fsp3) is 0.250. The molecule has 0 unspecified atom stereocenters. The number of nitrogens with two attached hydrogens (primary N) is 3. The average Bonchev–Trinajstić information content (AvgIpc) is 2.14. The van der Waals surface area contributed by atoms with Gasteiger partial charge in [0.05, 0.1) is 11.4 Å². The SMILES string of the molecule is CC(=NN=C(N)N)c1cnc(N)nc1C. The molecule has 0 saturated heterocycles. The first-order valence-electron chi connectivity index (χ1n) is 4.23. The number of nitrogens with zero attached hydrogens (tertiary/aromatic N) is 4. The van der Waals surface area contributed by atoms with Gasteiger partial charge in [0.2, 0.25) is 11.9 Å². The lowest BCUT2D eigenvalue weighted by molar-refractivity contribution is 1.10. The average molecular weight is 207 g/mol. The van der Waals surface area contributed by atoms with E-state index in [9.17, 15) is 0 Å². The molecule has 1 heterocycles. The first-order chi connectivity index (χ1) is 7.00. The van der Waals surface area contributed by atoms with Crippen LogP contribution in [0.5, 0.6) is 0 Å². The van der Waals surface area contributed by atoms with Gasteiger partial charge in [0.1, 0.15) is 0 Å². The lowest BCUT2D eigenvalue weighted by atomic mass is 10.2. The van der Waals surface area contributed by atoms with E-state index < -0.39 is 0 Å². The molecule has 0 fully saturated rings. The number of rotatable bonds is 2. The normalized spacial score (nSPS) is 11.2. The first-order valence-corrected chi connectivity index (χ1v) is 4.23. The van der Waals surface area contributed by atoms with Gasteiger partial charge in [0, 0.05) is 11.8 Å². The molecule has 0 amide bonds. The van der Waals surface area contributed by atoms with Crippen LogP contribution in [0.1, 0.15) is 18.2 Å². The Labute approximate surface area is 87.1 Å². The molecule has 0 radical (unpaired) electrons. The van der Waals surface area contributed by atoms with E-state index in [1.807, 2.05) is 6.92 Å². The van der Waals surface area contributed by atoms with E-state index >= 15 is 0 Å². The van der Waals surface area contributed by atoms with Crippen molar-refractivity contribution in [2.24, 2.45) is 21.7 Å². The molecule has 0 aliphatic rings. The van der Waals surface area contributed by atoms with Crippen molar-refractivity contribution in [3.05, 3.63) is 17.5 Å². The van der Waals surface area contributed by atoms with Crippen molar-refractivity contribution in [3.8, 4) is 0 Å². The van der Waals surface area contributed by atoms with Crippen LogP contribution in [0.3, 0.4) is 0 Å². The molecule has 0 bridgehead atoms. The van der Waals surface area contributed by atoms with Crippen molar-refractivity contribution in [3.63, 3.8) is 0 Å². The molecule has 0 aliphatic carbocycles. The van der Waals surface area contributed by atoms with Crippen LogP contribution in [0.15, 0.2) is 16.4 Å². The topological polar surface area (TPSA) is 129 Å². The number of hydrogen-bond donors (Lipinski definition) is 3. The Kier molecular flexibility index (Phi) is 3.17. The Hall–Kier alpha value is -2.18. The molecule has 0 aromatic carbocycles. The van der Waals surface area contributed by atoms with Crippen LogP contribution < -0.4 is 17.2 Å². The van der Waals surface area contributed by atoms with E-state index in [2.05, 4.69) is 20.2 Å². The summed E-state index contributed by atoms with van der Waals surface area (Å²) in [5.41, 5.74) is 17.8. The van der Waals surface area contributed by atoms with Crippen LogP contribution in [-0.2, 0) is 0 Å². The number of guanidine groups is 1. The van der Waals surface area contributed by atoms with Gasteiger partial charge in [-0.3, -0.25) is 0 Å². The van der Waals surface area contributed by atoms with Gasteiger partial charge in [0.25, 0.3) is 0 Å². The Morgan fingerprint density at radius 2 is 2.00 bits per heavy atom. The van der Waals surface area contributed by atoms with E-state index in [0.717, 1.165) is 11.3 Å². The molecule has 1 aromatic rings. The smallest absolute Gasteiger partial charge is 0.220 e. The van der Waals surface area contributed by atoms with Gasteiger partial charge in [-0.05, 0) is 13.8 Å². The number of nitrogen functional groups attached to an aromatic ring is 1. The molecule has 6 N–H and O–H groups in total. The molecule has 7 nitrogen and oxygen atoms in total. The second kappa shape index (κ2) is 4.36. The lowest BCUT2D eigenvalue weighted by Gasteiger charge is -2.02. The van der Waals surface area contributed by atoms with Crippen molar-refractivity contribution in [1.82, 2.24) is 9.97 Å². The van der Waals surface area contributed by atoms with E-state index in [1.54, 1.807) is 13.1 Å². The fourth-order valence-electron chi connectivity index (χ4n) is 1.03. The summed E-state index contributed by atoms with van der Waals surface area (Å²) < 4.78 is 0. The third kappa shape index (κ3) is 2.90. The molecule has 1 aromatic heterocycles. The Morgan fingerprint density at radius 1 is 1.33 bits per heavy atom. The predicted molar refractivity (Wildman–Crippen MR) is 59.2 cm³/mol. The van der Waals surface area contributed by atoms with Gasteiger partial charge < -0.3 is 17.2 Å². The fourth-order valence-corrected chi connectivity index (χ4v) is 1.03. The third-order valence-corrected chi connectivity index (χ3v) is 1.70. The minimum atomic E-state index is -0.0941. The summed E-state index contributed by atoms with van der Waals surface area (Å²) in [6.07, 6.45) is 1.58. The van der Waals surface area contributed by atoms with Crippen molar-refractivity contribution < 1.29 is 0 Å². The van der Waals surface area contributed by atoms with Crippen LogP contribution >= 0.6 is 0 Å². The maximum Gasteiger partial charge on any atom is 0.220 e. The van der Waals surface area contributed by atoms with Crippen LogP contribution in [0.2, 0.25) is 0 Å². The zero-order chi connectivity index (χ0) is 11.4. The standard InChI is InChI=1S/C8H13N7/c1-4-6(3-12-8(11)13-4)5(2)14-15-7(9)10/h3H,1-2H3,(H4,9,10,15)(H2,11,12,13). The minimum Gasteiger partial charge on any atom is -0.369 e. The molecule has 0 saturated carbocycles. The lowest BCUT2D eigenvalue weighted by Crippen LogP contribution is -2.22. The summed E-state index contributed by atoms with van der Waals surface area (Å²) in [6, 6.07) is 0. The van der Waals surface area contributed by atoms with E-state index in [-0.39, 0.29) is 11.9 Å². The number of anilines is 1. The summed E-state index contributed by atoms with van der Waals surface area (Å²) in [6.45, 7) is 3.57. The summed E-state index contributed by atoms with van der Waals surface area (Å²) >= 11 is 0. The molecule has 0 spiro atoms. The second-order valence-corrected chi connectivity index (χ2v) is 2.94. The molecule has 80 valence electrons. The van der Waals surface area contributed by atoms with Crippen molar-refractivity contribution in [2.45, 2.75) is 13.8 Å². The highest BCUT2D eigenvalue weighted by molar-refractivity contribution is 5.99. The van der Waals surface area contributed by atoms with Crippen molar-refractivity contribution in [2.75, 3.05) is 5.73 Å². The molecule has 0 atom stereocenters. The van der Waals surface area contributed by atoms with Crippen LogP contribution in [0.4, 0.5) is 5.95 Å². The zero-order valence-electron chi connectivity index (χ0n) is 8.60. The highest BCUT2D eigenvalue weighted by Crippen LogP contribution is 2.06. The van der Waals surface area contributed by atoms with Gasteiger partial charge in [-0.1, -0.05) is 0 Å².